The van der Waals surface area contributed by atoms with E-state index in [-0.39, 0.29) is 54.4 Å². The van der Waals surface area contributed by atoms with Gasteiger partial charge >= 0.3 is 37.7 Å². The van der Waals surface area contributed by atoms with Crippen LogP contribution in [-0.2, 0) is 0 Å². The van der Waals surface area contributed by atoms with Gasteiger partial charge in [0.05, 0.1) is 11.9 Å². The molecule has 0 atom stereocenters. The van der Waals surface area contributed by atoms with Gasteiger partial charge in [-0.2, -0.15) is 0 Å². The molecule has 16 heavy (non-hydrogen) atoms. The summed E-state index contributed by atoms with van der Waals surface area (Å²) in [6.07, 6.45) is 1.25. The van der Waals surface area contributed by atoms with Crippen molar-refractivity contribution in [2.45, 2.75) is 0 Å². The van der Waals surface area contributed by atoms with E-state index >= 15 is 0 Å². The quantitative estimate of drug-likeness (QED) is 0.458. The van der Waals surface area contributed by atoms with Crippen LogP contribution in [0.5, 0.6) is 0 Å². The molecule has 0 bridgehead atoms. The van der Waals surface area contributed by atoms with E-state index in [0.29, 0.717) is 0 Å². The Balaban J connectivity index is 0. The van der Waals surface area contributed by atoms with Gasteiger partial charge in [-0.3, -0.25) is 0 Å². The van der Waals surface area contributed by atoms with Crippen LogP contribution in [0.1, 0.15) is 26.3 Å². The van der Waals surface area contributed by atoms with Crippen LogP contribution >= 0.6 is 0 Å². The maximum atomic E-state index is 10.5. The smallest absolute Gasteiger partial charge is 0.545 e. The number of benzene rings is 1. The van der Waals surface area contributed by atoms with Crippen LogP contribution in [-0.4, -0.2) is 11.9 Å². The molecule has 0 aliphatic rings. The summed E-state index contributed by atoms with van der Waals surface area (Å²) in [5.41, 5.74) is 0.0154. The van der Waals surface area contributed by atoms with Crippen molar-refractivity contribution in [1.82, 2.24) is 0 Å². The van der Waals surface area contributed by atoms with E-state index in [1.807, 2.05) is 0 Å². The molecule has 72 valence electrons. The van der Waals surface area contributed by atoms with Crippen LogP contribution < -0.4 is 47.9 Å². The standard InChI is InChI=1S/C10H8O4.2Li/c1-2-6-5-7(9(11)12)3-4-8(6)10(13)14;;/h2-5H,1H2,(H,11,12)(H,13,14);;/q;2*+1/p-2. The molecular formula is C10H6Li2O4. The summed E-state index contributed by atoms with van der Waals surface area (Å²) < 4.78 is 0. The van der Waals surface area contributed by atoms with Crippen LogP contribution in [0, 0.1) is 0 Å². The molecule has 0 N–H and O–H groups in total. The van der Waals surface area contributed by atoms with Crippen LogP contribution in [0.15, 0.2) is 24.8 Å². The summed E-state index contributed by atoms with van der Waals surface area (Å²) in [4.78, 5) is 21.0. The number of aromatic carboxylic acids is 2. The number of carboxylic acids is 2. The number of hydrogen-bond acceptors (Lipinski definition) is 4. The van der Waals surface area contributed by atoms with Crippen molar-refractivity contribution < 1.29 is 57.5 Å². The summed E-state index contributed by atoms with van der Waals surface area (Å²) in [6, 6.07) is 3.47. The van der Waals surface area contributed by atoms with Crippen LogP contribution in [0.25, 0.3) is 6.08 Å². The van der Waals surface area contributed by atoms with Crippen molar-refractivity contribution in [3.05, 3.63) is 41.5 Å². The molecule has 0 amide bonds. The van der Waals surface area contributed by atoms with E-state index in [9.17, 15) is 19.8 Å². The molecule has 0 aromatic heterocycles. The molecule has 0 aliphatic carbocycles. The summed E-state index contributed by atoms with van der Waals surface area (Å²) in [5, 5.41) is 21.0. The second-order valence-electron chi connectivity index (χ2n) is 2.58. The van der Waals surface area contributed by atoms with Gasteiger partial charge in [0.15, 0.2) is 0 Å². The van der Waals surface area contributed by atoms with E-state index in [4.69, 9.17) is 0 Å². The number of carbonyl (C=O) groups excluding carboxylic acids is 2. The van der Waals surface area contributed by atoms with Crippen molar-refractivity contribution >= 4 is 18.0 Å². The van der Waals surface area contributed by atoms with Gasteiger partial charge in [0, 0.05) is 5.56 Å². The fourth-order valence-electron chi connectivity index (χ4n) is 1.04. The molecule has 1 rings (SSSR count). The minimum absolute atomic E-state index is 0. The van der Waals surface area contributed by atoms with Crippen molar-refractivity contribution in [3.63, 3.8) is 0 Å². The second-order valence-corrected chi connectivity index (χ2v) is 2.58. The van der Waals surface area contributed by atoms with E-state index in [2.05, 4.69) is 6.58 Å². The average Bonchev–Trinajstić information content (AvgIpc) is 2.16. The Labute approximate surface area is 117 Å². The van der Waals surface area contributed by atoms with Gasteiger partial charge in [0.2, 0.25) is 0 Å². The molecule has 0 unspecified atom stereocenters. The first kappa shape index (κ1) is 17.5. The molecule has 0 spiro atoms. The van der Waals surface area contributed by atoms with E-state index < -0.39 is 11.9 Å². The first-order valence-electron chi connectivity index (χ1n) is 3.75. The number of carboxylic acid groups (broad SMARTS) is 2. The summed E-state index contributed by atoms with van der Waals surface area (Å²) in [5.74, 6) is -2.73. The minimum Gasteiger partial charge on any atom is -0.545 e. The van der Waals surface area contributed by atoms with E-state index in [1.165, 1.54) is 12.1 Å². The van der Waals surface area contributed by atoms with Crippen LogP contribution in [0.4, 0.5) is 0 Å². The number of carbonyl (C=O) groups is 2. The molecule has 1 aromatic carbocycles. The predicted octanol–water partition coefficient (Wildman–Crippen LogP) is -6.94. The summed E-state index contributed by atoms with van der Waals surface area (Å²) >= 11 is 0. The molecule has 0 radical (unpaired) electrons. The predicted molar refractivity (Wildman–Crippen MR) is 45.2 cm³/mol. The maximum absolute atomic E-state index is 10.5. The Morgan fingerprint density at radius 2 is 1.69 bits per heavy atom. The molecule has 0 saturated heterocycles. The summed E-state index contributed by atoms with van der Waals surface area (Å²) in [7, 11) is 0. The van der Waals surface area contributed by atoms with Crippen molar-refractivity contribution in [2.24, 2.45) is 0 Å². The zero-order valence-electron chi connectivity index (χ0n) is 9.15. The Morgan fingerprint density at radius 1 is 1.12 bits per heavy atom. The first-order chi connectivity index (χ1) is 6.56. The number of rotatable bonds is 3. The van der Waals surface area contributed by atoms with E-state index in [0.717, 1.165) is 12.1 Å². The topological polar surface area (TPSA) is 80.3 Å². The van der Waals surface area contributed by atoms with Crippen LogP contribution in [0.3, 0.4) is 0 Å². The van der Waals surface area contributed by atoms with Crippen molar-refractivity contribution in [3.8, 4) is 0 Å². The monoisotopic (exact) mass is 204 g/mol. The Bertz CT molecular complexity index is 415. The van der Waals surface area contributed by atoms with Crippen LogP contribution in [0.2, 0.25) is 0 Å². The minimum atomic E-state index is -1.37. The molecular weight excluding hydrogens is 198 g/mol. The summed E-state index contributed by atoms with van der Waals surface area (Å²) in [6.45, 7) is 3.37. The molecule has 0 heterocycles. The average molecular weight is 204 g/mol. The van der Waals surface area contributed by atoms with Crippen molar-refractivity contribution in [2.75, 3.05) is 0 Å². The van der Waals surface area contributed by atoms with Gasteiger partial charge < -0.3 is 19.8 Å². The molecule has 0 saturated carbocycles. The Kier molecular flexibility index (Phi) is 8.07. The Hall–Kier alpha value is -0.905. The van der Waals surface area contributed by atoms with Gasteiger partial charge in [-0.25, -0.2) is 0 Å². The van der Waals surface area contributed by atoms with Crippen molar-refractivity contribution in [1.29, 1.82) is 0 Å². The van der Waals surface area contributed by atoms with Gasteiger partial charge in [-0.15, -0.1) is 0 Å². The third-order valence-corrected chi connectivity index (χ3v) is 1.73. The fourth-order valence-corrected chi connectivity index (χ4v) is 1.04. The molecule has 6 heteroatoms. The molecule has 4 nitrogen and oxygen atoms in total. The third kappa shape index (κ3) is 3.92. The zero-order chi connectivity index (χ0) is 10.7. The maximum Gasteiger partial charge on any atom is 1.00 e. The van der Waals surface area contributed by atoms with Gasteiger partial charge in [0.1, 0.15) is 0 Å². The molecule has 0 fully saturated rings. The first-order valence-corrected chi connectivity index (χ1v) is 3.75. The Morgan fingerprint density at radius 3 is 2.06 bits per heavy atom. The van der Waals surface area contributed by atoms with Gasteiger partial charge in [-0.05, 0) is 17.2 Å². The van der Waals surface area contributed by atoms with Gasteiger partial charge in [-0.1, -0.05) is 24.8 Å². The molecule has 1 aromatic rings. The fraction of sp³-hybridized carbons (Fsp3) is 0. The third-order valence-electron chi connectivity index (χ3n) is 1.73. The van der Waals surface area contributed by atoms with E-state index in [1.54, 1.807) is 0 Å². The second kappa shape index (κ2) is 7.38. The number of hydrogen-bond donors (Lipinski definition) is 0. The van der Waals surface area contributed by atoms with Gasteiger partial charge in [0.25, 0.3) is 0 Å². The SMILES string of the molecule is C=Cc1cc(C(=O)[O-])ccc1C(=O)[O-].[Li+].[Li+]. The molecule has 0 aliphatic heterocycles. The largest absolute Gasteiger partial charge is 1.00 e. The zero-order valence-corrected chi connectivity index (χ0v) is 9.15. The normalized spacial score (nSPS) is 8.25.